The van der Waals surface area contributed by atoms with Gasteiger partial charge in [0.1, 0.15) is 5.65 Å². The van der Waals surface area contributed by atoms with Crippen molar-refractivity contribution in [1.82, 2.24) is 19.9 Å². The zero-order chi connectivity index (χ0) is 24.6. The molecule has 1 fully saturated rings. The van der Waals surface area contributed by atoms with Gasteiger partial charge < -0.3 is 14.8 Å². The number of aromatic amines is 1. The van der Waals surface area contributed by atoms with Gasteiger partial charge >= 0.3 is 0 Å². The van der Waals surface area contributed by atoms with Gasteiger partial charge in [0.05, 0.1) is 5.69 Å². The number of anilines is 1. The van der Waals surface area contributed by atoms with E-state index in [1.54, 1.807) is 0 Å². The van der Waals surface area contributed by atoms with Crippen molar-refractivity contribution in [1.29, 1.82) is 0 Å². The molecule has 0 amide bonds. The summed E-state index contributed by atoms with van der Waals surface area (Å²) in [5.41, 5.74) is 11.7. The lowest BCUT2D eigenvalue weighted by Crippen LogP contribution is -2.45. The first-order chi connectivity index (χ1) is 17.6. The molecule has 0 saturated carbocycles. The van der Waals surface area contributed by atoms with Crippen LogP contribution in [0.3, 0.4) is 0 Å². The third-order valence-corrected chi connectivity index (χ3v) is 7.33. The van der Waals surface area contributed by atoms with Crippen LogP contribution in [0.2, 0.25) is 0 Å². The van der Waals surface area contributed by atoms with Crippen molar-refractivity contribution in [3.8, 4) is 33.5 Å². The summed E-state index contributed by atoms with van der Waals surface area (Å²) in [6, 6.07) is 21.5. The quantitative estimate of drug-likeness (QED) is 0.331. The van der Waals surface area contributed by atoms with Gasteiger partial charge in [-0.25, -0.2) is 4.98 Å². The second kappa shape index (κ2) is 9.25. The Morgan fingerprint density at radius 3 is 2.17 bits per heavy atom. The summed E-state index contributed by atoms with van der Waals surface area (Å²) in [5.74, 6) is 0. The SMILES string of the molecule is Cc1cc(-c2cnc3[nH]cc(-c4ccc(-c5ccccn5)cc4)c3c2)cc(C)c1N1CCN(C)CC1. The minimum absolute atomic E-state index is 0.907. The van der Waals surface area contributed by atoms with Crippen LogP contribution in [0.15, 0.2) is 79.3 Å². The fourth-order valence-corrected chi connectivity index (χ4v) is 5.41. The van der Waals surface area contributed by atoms with E-state index in [-0.39, 0.29) is 0 Å². The number of H-pyrrole nitrogens is 1. The number of hydrogen-bond donors (Lipinski definition) is 1. The zero-order valence-corrected chi connectivity index (χ0v) is 21.1. The van der Waals surface area contributed by atoms with Crippen LogP contribution < -0.4 is 4.90 Å². The largest absolute Gasteiger partial charge is 0.369 e. The van der Waals surface area contributed by atoms with E-state index in [2.05, 4.69) is 89.3 Å². The van der Waals surface area contributed by atoms with Gasteiger partial charge in [0, 0.05) is 72.5 Å². The molecule has 0 aliphatic carbocycles. The monoisotopic (exact) mass is 473 g/mol. The molecule has 0 unspecified atom stereocenters. The van der Waals surface area contributed by atoms with Gasteiger partial charge in [-0.1, -0.05) is 30.3 Å². The second-order valence-corrected chi connectivity index (χ2v) is 9.86. The Kier molecular flexibility index (Phi) is 5.78. The van der Waals surface area contributed by atoms with Crippen LogP contribution >= 0.6 is 0 Å². The molecule has 6 rings (SSSR count). The first-order valence-corrected chi connectivity index (χ1v) is 12.6. The van der Waals surface area contributed by atoms with Crippen LogP contribution in [0.5, 0.6) is 0 Å². The number of aryl methyl sites for hydroxylation is 2. The molecular formula is C31H31N5. The molecule has 5 aromatic rings. The number of hydrogen-bond acceptors (Lipinski definition) is 4. The fourth-order valence-electron chi connectivity index (χ4n) is 5.41. The molecule has 0 spiro atoms. The smallest absolute Gasteiger partial charge is 0.137 e. The van der Waals surface area contributed by atoms with Gasteiger partial charge in [0.25, 0.3) is 0 Å². The molecule has 1 aliphatic rings. The maximum Gasteiger partial charge on any atom is 0.137 e. The molecule has 1 saturated heterocycles. The third kappa shape index (κ3) is 4.16. The minimum atomic E-state index is 0.907. The summed E-state index contributed by atoms with van der Waals surface area (Å²) in [5, 5.41) is 1.14. The Morgan fingerprint density at radius 1 is 0.750 bits per heavy atom. The van der Waals surface area contributed by atoms with Crippen molar-refractivity contribution in [3.05, 3.63) is 90.4 Å². The number of nitrogens with one attached hydrogen (secondary N) is 1. The van der Waals surface area contributed by atoms with E-state index in [9.17, 15) is 0 Å². The van der Waals surface area contributed by atoms with Gasteiger partial charge in [-0.15, -0.1) is 0 Å². The summed E-state index contributed by atoms with van der Waals surface area (Å²) >= 11 is 0. The average molecular weight is 474 g/mol. The van der Waals surface area contributed by atoms with Crippen LogP contribution in [0.4, 0.5) is 5.69 Å². The first kappa shape index (κ1) is 22.5. The summed E-state index contributed by atoms with van der Waals surface area (Å²) in [4.78, 5) is 17.5. The van der Waals surface area contributed by atoms with Crippen molar-refractivity contribution >= 4 is 16.7 Å². The molecule has 0 atom stereocenters. The topological polar surface area (TPSA) is 48.1 Å². The van der Waals surface area contributed by atoms with Crippen LogP contribution in [0.25, 0.3) is 44.5 Å². The van der Waals surface area contributed by atoms with Crippen molar-refractivity contribution < 1.29 is 0 Å². The highest BCUT2D eigenvalue weighted by atomic mass is 15.2. The number of fused-ring (bicyclic) bond motifs is 1. The summed E-state index contributed by atoms with van der Waals surface area (Å²) in [7, 11) is 2.20. The highest BCUT2D eigenvalue weighted by Crippen LogP contribution is 2.35. The maximum atomic E-state index is 4.77. The predicted molar refractivity (Wildman–Crippen MR) is 149 cm³/mol. The van der Waals surface area contributed by atoms with Gasteiger partial charge in [0.15, 0.2) is 0 Å². The molecule has 1 N–H and O–H groups in total. The summed E-state index contributed by atoms with van der Waals surface area (Å²) in [6.45, 7) is 8.86. The Morgan fingerprint density at radius 2 is 1.47 bits per heavy atom. The molecule has 3 aromatic heterocycles. The van der Waals surface area contributed by atoms with E-state index in [1.165, 1.54) is 22.4 Å². The van der Waals surface area contributed by atoms with E-state index in [0.29, 0.717) is 0 Å². The predicted octanol–water partition coefficient (Wildman–Crippen LogP) is 6.33. The van der Waals surface area contributed by atoms with Crippen molar-refractivity contribution in [2.75, 3.05) is 38.1 Å². The molecule has 4 heterocycles. The average Bonchev–Trinajstić information content (AvgIpc) is 3.33. The first-order valence-electron chi connectivity index (χ1n) is 12.6. The van der Waals surface area contributed by atoms with Crippen LogP contribution in [0, 0.1) is 13.8 Å². The zero-order valence-electron chi connectivity index (χ0n) is 21.1. The molecule has 0 radical (unpaired) electrons. The molecule has 5 nitrogen and oxygen atoms in total. The lowest BCUT2D eigenvalue weighted by molar-refractivity contribution is 0.312. The number of piperazine rings is 1. The Hall–Kier alpha value is -3.96. The van der Waals surface area contributed by atoms with Crippen molar-refractivity contribution in [2.24, 2.45) is 0 Å². The van der Waals surface area contributed by atoms with Crippen LogP contribution in [-0.4, -0.2) is 53.1 Å². The number of aromatic nitrogens is 3. The number of nitrogens with zero attached hydrogens (tertiary/aromatic N) is 4. The molecule has 180 valence electrons. The Balaban J connectivity index is 1.34. The number of pyridine rings is 2. The second-order valence-electron chi connectivity index (χ2n) is 9.86. The Bertz CT molecular complexity index is 1490. The van der Waals surface area contributed by atoms with E-state index >= 15 is 0 Å². The molecule has 0 bridgehead atoms. The summed E-state index contributed by atoms with van der Waals surface area (Å²) < 4.78 is 0. The number of rotatable bonds is 4. The summed E-state index contributed by atoms with van der Waals surface area (Å²) in [6.07, 6.45) is 5.87. The van der Waals surface area contributed by atoms with Gasteiger partial charge in [-0.05, 0) is 73.5 Å². The Labute approximate surface area is 212 Å². The molecule has 36 heavy (non-hydrogen) atoms. The third-order valence-electron chi connectivity index (χ3n) is 7.33. The van der Waals surface area contributed by atoms with E-state index in [4.69, 9.17) is 4.98 Å². The highest BCUT2D eigenvalue weighted by Gasteiger charge is 2.19. The van der Waals surface area contributed by atoms with E-state index in [0.717, 1.165) is 65.2 Å². The molecule has 5 heteroatoms. The lowest BCUT2D eigenvalue weighted by atomic mass is 9.97. The number of likely N-dealkylation sites (N-methyl/N-ethyl adjacent to an activating group) is 1. The molecule has 1 aliphatic heterocycles. The van der Waals surface area contributed by atoms with E-state index < -0.39 is 0 Å². The number of benzene rings is 2. The van der Waals surface area contributed by atoms with E-state index in [1.807, 2.05) is 30.6 Å². The van der Waals surface area contributed by atoms with Crippen molar-refractivity contribution in [3.63, 3.8) is 0 Å². The van der Waals surface area contributed by atoms with Crippen molar-refractivity contribution in [2.45, 2.75) is 13.8 Å². The lowest BCUT2D eigenvalue weighted by Gasteiger charge is -2.36. The fraction of sp³-hybridized carbons (Fsp3) is 0.226. The molecule has 2 aromatic carbocycles. The van der Waals surface area contributed by atoms with Gasteiger partial charge in [0.2, 0.25) is 0 Å². The molecular weight excluding hydrogens is 442 g/mol. The maximum absolute atomic E-state index is 4.77. The van der Waals surface area contributed by atoms with Crippen LogP contribution in [0.1, 0.15) is 11.1 Å². The highest BCUT2D eigenvalue weighted by molar-refractivity contribution is 5.96. The van der Waals surface area contributed by atoms with Gasteiger partial charge in [-0.2, -0.15) is 0 Å². The van der Waals surface area contributed by atoms with Crippen LogP contribution in [-0.2, 0) is 0 Å². The van der Waals surface area contributed by atoms with Gasteiger partial charge in [-0.3, -0.25) is 4.98 Å². The minimum Gasteiger partial charge on any atom is -0.369 e. The standard InChI is InChI=1S/C31H31N5/c1-21-16-25(17-22(2)30(21)36-14-12-35(3)13-15-36)26-18-27-28(20-34-31(27)33-19-26)23-7-9-24(10-8-23)29-6-4-5-11-32-29/h4-11,16-20H,12-15H2,1-3H3,(H,33,34). The normalized spacial score (nSPS) is 14.5.